The van der Waals surface area contributed by atoms with E-state index in [-0.39, 0.29) is 6.04 Å². The fourth-order valence-corrected chi connectivity index (χ4v) is 4.55. The molecule has 6 heteroatoms. The van der Waals surface area contributed by atoms with Crippen molar-refractivity contribution in [1.82, 2.24) is 4.90 Å². The summed E-state index contributed by atoms with van der Waals surface area (Å²) >= 11 is 13.0. The van der Waals surface area contributed by atoms with Gasteiger partial charge in [-0.1, -0.05) is 17.7 Å². The smallest absolute Gasteiger partial charge is 0.107 e. The largest absolute Gasteiger partial charge is 0.329 e. The molecule has 0 bridgehead atoms. The molecule has 0 amide bonds. The van der Waals surface area contributed by atoms with Crippen LogP contribution in [0.3, 0.4) is 0 Å². The zero-order valence-electron chi connectivity index (χ0n) is 10.6. The SMILES string of the molecule is CN(CCc1cccs1)C(CN)c1cc(Br)c(Cl)s1. The van der Waals surface area contributed by atoms with Crippen molar-refractivity contribution in [3.8, 4) is 0 Å². The Morgan fingerprint density at radius 3 is 2.84 bits per heavy atom. The lowest BCUT2D eigenvalue weighted by atomic mass is 10.2. The molecule has 0 aliphatic rings. The topological polar surface area (TPSA) is 29.3 Å². The molecule has 0 aromatic carbocycles. The highest BCUT2D eigenvalue weighted by Crippen LogP contribution is 2.36. The number of rotatable bonds is 6. The van der Waals surface area contributed by atoms with E-state index in [4.69, 9.17) is 17.3 Å². The summed E-state index contributed by atoms with van der Waals surface area (Å²) in [6.45, 7) is 1.60. The van der Waals surface area contributed by atoms with Crippen molar-refractivity contribution < 1.29 is 0 Å². The summed E-state index contributed by atoms with van der Waals surface area (Å²) in [7, 11) is 2.12. The molecule has 2 nitrogen and oxygen atoms in total. The first kappa shape index (κ1) is 15.5. The zero-order valence-corrected chi connectivity index (χ0v) is 14.6. The van der Waals surface area contributed by atoms with E-state index in [0.29, 0.717) is 6.54 Å². The van der Waals surface area contributed by atoms with Gasteiger partial charge in [-0.15, -0.1) is 22.7 Å². The van der Waals surface area contributed by atoms with Crippen LogP contribution in [0.25, 0.3) is 0 Å². The van der Waals surface area contributed by atoms with Gasteiger partial charge in [0.05, 0.1) is 6.04 Å². The molecule has 19 heavy (non-hydrogen) atoms. The van der Waals surface area contributed by atoms with E-state index in [9.17, 15) is 0 Å². The predicted molar refractivity (Wildman–Crippen MR) is 89.5 cm³/mol. The van der Waals surface area contributed by atoms with E-state index in [1.54, 1.807) is 22.7 Å². The van der Waals surface area contributed by atoms with Crippen LogP contribution in [-0.2, 0) is 6.42 Å². The molecule has 2 heterocycles. The molecule has 0 saturated heterocycles. The number of hydrogen-bond donors (Lipinski definition) is 1. The van der Waals surface area contributed by atoms with Crippen molar-refractivity contribution >= 4 is 50.2 Å². The lowest BCUT2D eigenvalue weighted by Gasteiger charge is -2.25. The maximum Gasteiger partial charge on any atom is 0.107 e. The Bertz CT molecular complexity index is 493. The van der Waals surface area contributed by atoms with Gasteiger partial charge in [-0.3, -0.25) is 4.90 Å². The third-order valence-corrected chi connectivity index (χ3v) is 6.55. The molecule has 2 N–H and O–H groups in total. The Morgan fingerprint density at radius 1 is 1.53 bits per heavy atom. The molecular weight excluding hydrogens is 364 g/mol. The monoisotopic (exact) mass is 378 g/mol. The van der Waals surface area contributed by atoms with E-state index in [0.717, 1.165) is 21.8 Å². The summed E-state index contributed by atoms with van der Waals surface area (Å²) < 4.78 is 1.75. The van der Waals surface area contributed by atoms with Gasteiger partial charge in [0.25, 0.3) is 0 Å². The second-order valence-corrected chi connectivity index (χ2v) is 7.90. The molecule has 2 aromatic rings. The number of halogens is 2. The molecule has 0 radical (unpaired) electrons. The maximum absolute atomic E-state index is 6.11. The molecule has 0 fully saturated rings. The van der Waals surface area contributed by atoms with Gasteiger partial charge in [0.2, 0.25) is 0 Å². The minimum atomic E-state index is 0.230. The summed E-state index contributed by atoms with van der Waals surface area (Å²) in [6.07, 6.45) is 1.06. The van der Waals surface area contributed by atoms with Gasteiger partial charge in [-0.05, 0) is 46.9 Å². The highest BCUT2D eigenvalue weighted by molar-refractivity contribution is 9.10. The normalized spacial score (nSPS) is 13.1. The fourth-order valence-electron chi connectivity index (χ4n) is 1.94. The summed E-state index contributed by atoms with van der Waals surface area (Å²) in [4.78, 5) is 4.93. The Kier molecular flexibility index (Phi) is 5.87. The van der Waals surface area contributed by atoms with Gasteiger partial charge >= 0.3 is 0 Å². The summed E-state index contributed by atoms with van der Waals surface area (Å²) in [5, 5.41) is 2.12. The van der Waals surface area contributed by atoms with E-state index in [1.165, 1.54) is 9.75 Å². The van der Waals surface area contributed by atoms with Crippen LogP contribution in [-0.4, -0.2) is 25.0 Å². The Hall–Kier alpha value is 0.0900. The Morgan fingerprint density at radius 2 is 2.32 bits per heavy atom. The average Bonchev–Trinajstić information content (AvgIpc) is 2.99. The van der Waals surface area contributed by atoms with Crippen molar-refractivity contribution in [3.05, 3.63) is 42.1 Å². The van der Waals surface area contributed by atoms with Crippen LogP contribution in [0.15, 0.2) is 28.1 Å². The predicted octanol–water partition coefficient (Wildman–Crippen LogP) is 4.40. The van der Waals surface area contributed by atoms with E-state index < -0.39 is 0 Å². The van der Waals surface area contributed by atoms with Gasteiger partial charge < -0.3 is 5.73 Å². The highest BCUT2D eigenvalue weighted by Gasteiger charge is 2.19. The summed E-state index contributed by atoms with van der Waals surface area (Å²) in [6, 6.07) is 6.57. The Labute approximate surface area is 135 Å². The average molecular weight is 380 g/mol. The first-order valence-corrected chi connectivity index (χ1v) is 8.86. The number of nitrogens with two attached hydrogens (primary N) is 1. The van der Waals surface area contributed by atoms with Crippen molar-refractivity contribution in [3.63, 3.8) is 0 Å². The van der Waals surface area contributed by atoms with E-state index in [2.05, 4.69) is 51.5 Å². The van der Waals surface area contributed by atoms with Crippen molar-refractivity contribution in [2.75, 3.05) is 20.1 Å². The first-order valence-electron chi connectivity index (χ1n) is 5.99. The summed E-state index contributed by atoms with van der Waals surface area (Å²) in [5.74, 6) is 0. The van der Waals surface area contributed by atoms with Gasteiger partial charge in [0.1, 0.15) is 4.34 Å². The second kappa shape index (κ2) is 7.20. The molecule has 0 spiro atoms. The number of likely N-dealkylation sites (N-methyl/N-ethyl adjacent to an activating group) is 1. The second-order valence-electron chi connectivity index (χ2n) is 4.33. The van der Waals surface area contributed by atoms with Crippen molar-refractivity contribution in [2.45, 2.75) is 12.5 Å². The van der Waals surface area contributed by atoms with Gasteiger partial charge in [-0.25, -0.2) is 0 Å². The molecule has 0 aliphatic heterocycles. The van der Waals surface area contributed by atoms with Crippen LogP contribution >= 0.6 is 50.2 Å². The molecule has 104 valence electrons. The number of hydrogen-bond acceptors (Lipinski definition) is 4. The van der Waals surface area contributed by atoms with Crippen LogP contribution in [0.2, 0.25) is 4.34 Å². The molecule has 2 aromatic heterocycles. The maximum atomic E-state index is 6.11. The molecule has 1 atom stereocenters. The van der Waals surface area contributed by atoms with Crippen LogP contribution in [0.5, 0.6) is 0 Å². The Balaban J connectivity index is 2.00. The molecule has 0 saturated carbocycles. The quantitative estimate of drug-likeness (QED) is 0.806. The first-order chi connectivity index (χ1) is 9.11. The molecule has 0 aliphatic carbocycles. The zero-order chi connectivity index (χ0) is 13.8. The van der Waals surface area contributed by atoms with Gasteiger partial charge in [0, 0.05) is 27.3 Å². The molecule has 2 rings (SSSR count). The minimum absolute atomic E-state index is 0.230. The highest BCUT2D eigenvalue weighted by atomic mass is 79.9. The lowest BCUT2D eigenvalue weighted by Crippen LogP contribution is -2.31. The van der Waals surface area contributed by atoms with Gasteiger partial charge in [0.15, 0.2) is 0 Å². The van der Waals surface area contributed by atoms with Crippen LogP contribution in [0.4, 0.5) is 0 Å². The van der Waals surface area contributed by atoms with Crippen LogP contribution in [0, 0.1) is 0 Å². The minimum Gasteiger partial charge on any atom is -0.329 e. The van der Waals surface area contributed by atoms with Gasteiger partial charge in [-0.2, -0.15) is 0 Å². The molecule has 1 unspecified atom stereocenters. The van der Waals surface area contributed by atoms with E-state index in [1.807, 2.05) is 0 Å². The summed E-state index contributed by atoms with van der Waals surface area (Å²) in [5.41, 5.74) is 5.92. The van der Waals surface area contributed by atoms with Crippen LogP contribution in [0.1, 0.15) is 15.8 Å². The number of thiophene rings is 2. The molecular formula is C13H16BrClN2S2. The van der Waals surface area contributed by atoms with Crippen molar-refractivity contribution in [2.24, 2.45) is 5.73 Å². The van der Waals surface area contributed by atoms with Crippen molar-refractivity contribution in [1.29, 1.82) is 0 Å². The number of nitrogens with zero attached hydrogens (tertiary/aromatic N) is 1. The third-order valence-electron chi connectivity index (χ3n) is 3.04. The lowest BCUT2D eigenvalue weighted by molar-refractivity contribution is 0.257. The standard InChI is InChI=1S/C13H16BrClN2S2/c1-17(5-4-9-3-2-6-18-9)11(8-16)12-7-10(14)13(15)19-12/h2-3,6-7,11H,4-5,8,16H2,1H3. The third kappa shape index (κ3) is 4.03. The fraction of sp³-hybridized carbons (Fsp3) is 0.385. The van der Waals surface area contributed by atoms with Crippen LogP contribution < -0.4 is 5.73 Å². The van der Waals surface area contributed by atoms with E-state index >= 15 is 0 Å².